The van der Waals surface area contributed by atoms with Crippen molar-refractivity contribution in [3.05, 3.63) is 0 Å². The zero-order valence-corrected chi connectivity index (χ0v) is 9.00. The molecular formula is C11H23NO. The number of likely N-dealkylation sites (N-methyl/N-ethyl adjacent to an activating group) is 1. The highest BCUT2D eigenvalue weighted by Crippen LogP contribution is 2.22. The summed E-state index contributed by atoms with van der Waals surface area (Å²) in [5, 5.41) is 9.86. The van der Waals surface area contributed by atoms with Gasteiger partial charge >= 0.3 is 0 Å². The third-order valence-electron chi connectivity index (χ3n) is 3.18. The van der Waals surface area contributed by atoms with Gasteiger partial charge in [0.05, 0.1) is 6.10 Å². The molecule has 1 aliphatic rings. The van der Waals surface area contributed by atoms with Crippen molar-refractivity contribution < 1.29 is 5.11 Å². The molecule has 0 amide bonds. The molecule has 1 aliphatic heterocycles. The van der Waals surface area contributed by atoms with Crippen molar-refractivity contribution in [2.45, 2.75) is 45.6 Å². The molecule has 13 heavy (non-hydrogen) atoms. The van der Waals surface area contributed by atoms with E-state index in [1.807, 2.05) is 0 Å². The van der Waals surface area contributed by atoms with Gasteiger partial charge in [0.25, 0.3) is 0 Å². The first-order chi connectivity index (χ1) is 6.27. The first-order valence-corrected chi connectivity index (χ1v) is 5.68. The monoisotopic (exact) mass is 185 g/mol. The topological polar surface area (TPSA) is 23.5 Å². The minimum atomic E-state index is -0.0692. The quantitative estimate of drug-likeness (QED) is 0.723. The Labute approximate surface area is 81.9 Å². The van der Waals surface area contributed by atoms with Crippen LogP contribution in [0.2, 0.25) is 0 Å². The van der Waals surface area contributed by atoms with Gasteiger partial charge in [0, 0.05) is 6.54 Å². The van der Waals surface area contributed by atoms with E-state index in [1.165, 1.54) is 32.2 Å². The fraction of sp³-hybridized carbons (Fsp3) is 1.00. The van der Waals surface area contributed by atoms with Crippen LogP contribution in [-0.2, 0) is 0 Å². The van der Waals surface area contributed by atoms with Gasteiger partial charge in [0.15, 0.2) is 0 Å². The number of piperidine rings is 1. The number of hydrogen-bond donors (Lipinski definition) is 1. The minimum absolute atomic E-state index is 0.0692. The Hall–Kier alpha value is -0.0800. The summed E-state index contributed by atoms with van der Waals surface area (Å²) in [6.07, 6.45) is 4.86. The van der Waals surface area contributed by atoms with Crippen LogP contribution in [0.25, 0.3) is 0 Å². The van der Waals surface area contributed by atoms with Crippen LogP contribution in [-0.4, -0.2) is 35.7 Å². The first kappa shape index (κ1) is 11.0. The van der Waals surface area contributed by atoms with E-state index in [0.717, 1.165) is 13.1 Å². The molecule has 78 valence electrons. The van der Waals surface area contributed by atoms with Crippen LogP contribution in [0.3, 0.4) is 0 Å². The lowest BCUT2D eigenvalue weighted by atomic mass is 9.89. The van der Waals surface area contributed by atoms with Gasteiger partial charge in [-0.15, -0.1) is 0 Å². The standard InChI is InChI=1S/C11H23NO/c1-3-5-6-10-7-8-12(4-2)9-11(10)13/h10-11,13H,3-9H2,1-2H3/t10?,11-/m0/s1. The maximum absolute atomic E-state index is 9.86. The number of aliphatic hydroxyl groups excluding tert-OH is 1. The highest BCUT2D eigenvalue weighted by molar-refractivity contribution is 4.79. The van der Waals surface area contributed by atoms with E-state index in [0.29, 0.717) is 5.92 Å². The molecule has 2 atom stereocenters. The molecule has 1 saturated heterocycles. The van der Waals surface area contributed by atoms with Gasteiger partial charge in [-0.3, -0.25) is 0 Å². The van der Waals surface area contributed by atoms with Crippen molar-refractivity contribution >= 4 is 0 Å². The van der Waals surface area contributed by atoms with Gasteiger partial charge in [-0.2, -0.15) is 0 Å². The summed E-state index contributed by atoms with van der Waals surface area (Å²) in [6, 6.07) is 0. The number of unbranched alkanes of at least 4 members (excludes halogenated alkanes) is 1. The average Bonchev–Trinajstić information content (AvgIpc) is 2.16. The zero-order chi connectivity index (χ0) is 9.68. The average molecular weight is 185 g/mol. The van der Waals surface area contributed by atoms with E-state index in [1.54, 1.807) is 0 Å². The Morgan fingerprint density at radius 2 is 2.15 bits per heavy atom. The van der Waals surface area contributed by atoms with Gasteiger partial charge < -0.3 is 10.0 Å². The molecule has 0 aromatic rings. The summed E-state index contributed by atoms with van der Waals surface area (Å²) in [7, 11) is 0. The summed E-state index contributed by atoms with van der Waals surface area (Å²) in [5.41, 5.74) is 0. The van der Waals surface area contributed by atoms with E-state index in [9.17, 15) is 5.11 Å². The van der Waals surface area contributed by atoms with Crippen molar-refractivity contribution in [1.82, 2.24) is 4.90 Å². The molecule has 1 N–H and O–H groups in total. The van der Waals surface area contributed by atoms with Gasteiger partial charge in [-0.25, -0.2) is 0 Å². The number of rotatable bonds is 4. The van der Waals surface area contributed by atoms with E-state index in [2.05, 4.69) is 18.7 Å². The van der Waals surface area contributed by atoms with Crippen molar-refractivity contribution in [3.8, 4) is 0 Å². The molecule has 0 bridgehead atoms. The van der Waals surface area contributed by atoms with Crippen molar-refractivity contribution in [1.29, 1.82) is 0 Å². The molecule has 2 nitrogen and oxygen atoms in total. The van der Waals surface area contributed by atoms with Crippen molar-refractivity contribution in [2.24, 2.45) is 5.92 Å². The fourth-order valence-electron chi connectivity index (χ4n) is 2.14. The van der Waals surface area contributed by atoms with Gasteiger partial charge in [0.1, 0.15) is 0 Å². The lowest BCUT2D eigenvalue weighted by Crippen LogP contribution is -2.43. The second-order valence-corrected chi connectivity index (χ2v) is 4.15. The third-order valence-corrected chi connectivity index (χ3v) is 3.18. The van der Waals surface area contributed by atoms with Gasteiger partial charge in [-0.05, 0) is 31.8 Å². The van der Waals surface area contributed by atoms with Crippen LogP contribution in [0.4, 0.5) is 0 Å². The smallest absolute Gasteiger partial charge is 0.0695 e. The molecule has 0 aromatic carbocycles. The van der Waals surface area contributed by atoms with Gasteiger partial charge in [0.2, 0.25) is 0 Å². The zero-order valence-electron chi connectivity index (χ0n) is 9.00. The molecule has 2 heteroatoms. The maximum Gasteiger partial charge on any atom is 0.0695 e. The molecule has 1 rings (SSSR count). The van der Waals surface area contributed by atoms with Crippen LogP contribution < -0.4 is 0 Å². The highest BCUT2D eigenvalue weighted by Gasteiger charge is 2.25. The predicted octanol–water partition coefficient (Wildman–Crippen LogP) is 1.88. The largest absolute Gasteiger partial charge is 0.392 e. The Bertz CT molecular complexity index is 138. The van der Waals surface area contributed by atoms with E-state index in [4.69, 9.17) is 0 Å². The van der Waals surface area contributed by atoms with E-state index < -0.39 is 0 Å². The molecule has 1 fully saturated rings. The number of hydrogen-bond acceptors (Lipinski definition) is 2. The van der Waals surface area contributed by atoms with Crippen LogP contribution >= 0.6 is 0 Å². The molecule has 0 radical (unpaired) electrons. The van der Waals surface area contributed by atoms with Crippen molar-refractivity contribution in [3.63, 3.8) is 0 Å². The summed E-state index contributed by atoms with van der Waals surface area (Å²) in [5.74, 6) is 0.572. The van der Waals surface area contributed by atoms with Gasteiger partial charge in [-0.1, -0.05) is 26.7 Å². The number of nitrogens with zero attached hydrogens (tertiary/aromatic N) is 1. The highest BCUT2D eigenvalue weighted by atomic mass is 16.3. The second kappa shape index (κ2) is 5.61. The van der Waals surface area contributed by atoms with Crippen molar-refractivity contribution in [2.75, 3.05) is 19.6 Å². The first-order valence-electron chi connectivity index (χ1n) is 5.68. The van der Waals surface area contributed by atoms with E-state index >= 15 is 0 Å². The summed E-state index contributed by atoms with van der Waals surface area (Å²) in [4.78, 5) is 2.34. The molecule has 0 aromatic heterocycles. The number of β-amino-alcohol motifs (C(OH)–C–C–N with tert-alkyl or cyclic N) is 1. The van der Waals surface area contributed by atoms with Crippen LogP contribution in [0.1, 0.15) is 39.5 Å². The molecule has 1 unspecified atom stereocenters. The molecule has 0 spiro atoms. The van der Waals surface area contributed by atoms with Crippen LogP contribution in [0, 0.1) is 5.92 Å². The van der Waals surface area contributed by atoms with Crippen LogP contribution in [0.15, 0.2) is 0 Å². The summed E-state index contributed by atoms with van der Waals surface area (Å²) < 4.78 is 0. The Morgan fingerprint density at radius 1 is 1.38 bits per heavy atom. The SMILES string of the molecule is CCCCC1CCN(CC)C[C@@H]1O. The Kier molecular flexibility index (Phi) is 4.74. The molecular weight excluding hydrogens is 162 g/mol. The summed E-state index contributed by atoms with van der Waals surface area (Å²) >= 11 is 0. The number of likely N-dealkylation sites (tertiary alicyclic amines) is 1. The third kappa shape index (κ3) is 3.28. The minimum Gasteiger partial charge on any atom is -0.392 e. The summed E-state index contributed by atoms with van der Waals surface area (Å²) in [6.45, 7) is 7.54. The lowest BCUT2D eigenvalue weighted by Gasteiger charge is -2.35. The maximum atomic E-state index is 9.86. The Balaban J connectivity index is 2.26. The normalized spacial score (nSPS) is 30.7. The predicted molar refractivity (Wildman–Crippen MR) is 55.8 cm³/mol. The Morgan fingerprint density at radius 3 is 2.69 bits per heavy atom. The molecule has 1 heterocycles. The molecule has 0 saturated carbocycles. The van der Waals surface area contributed by atoms with Crippen LogP contribution in [0.5, 0.6) is 0 Å². The number of aliphatic hydroxyl groups is 1. The fourth-order valence-corrected chi connectivity index (χ4v) is 2.14. The molecule has 0 aliphatic carbocycles. The lowest BCUT2D eigenvalue weighted by molar-refractivity contribution is 0.0198. The second-order valence-electron chi connectivity index (χ2n) is 4.15. The van der Waals surface area contributed by atoms with E-state index in [-0.39, 0.29) is 6.10 Å².